The van der Waals surface area contributed by atoms with Crippen molar-refractivity contribution >= 4 is 17.7 Å². The van der Waals surface area contributed by atoms with Crippen LogP contribution in [-0.4, -0.2) is 27.6 Å². The molecule has 1 rings (SSSR count). The van der Waals surface area contributed by atoms with Gasteiger partial charge in [0.1, 0.15) is 21.9 Å². The van der Waals surface area contributed by atoms with Gasteiger partial charge in [-0.05, 0) is 13.8 Å². The van der Waals surface area contributed by atoms with Crippen molar-refractivity contribution in [3.05, 3.63) is 11.3 Å². The van der Waals surface area contributed by atoms with E-state index in [4.69, 9.17) is 10.00 Å². The van der Waals surface area contributed by atoms with E-state index < -0.39 is 28.7 Å². The maximum absolute atomic E-state index is 12.7. The van der Waals surface area contributed by atoms with Gasteiger partial charge in [-0.3, -0.25) is 9.48 Å². The first-order valence-corrected chi connectivity index (χ1v) is 6.47. The molecular formula is C11H12F3N3O2S. The third-order valence-electron chi connectivity index (χ3n) is 2.28. The number of hydrogen-bond acceptors (Lipinski definition) is 5. The van der Waals surface area contributed by atoms with Gasteiger partial charge in [0.2, 0.25) is 0 Å². The molecule has 5 nitrogen and oxygen atoms in total. The zero-order valence-corrected chi connectivity index (χ0v) is 11.8. The second kappa shape index (κ2) is 6.17. The van der Waals surface area contributed by atoms with Crippen molar-refractivity contribution in [1.29, 1.82) is 5.26 Å². The molecule has 0 aromatic carbocycles. The Morgan fingerprint density at radius 1 is 1.60 bits per heavy atom. The summed E-state index contributed by atoms with van der Waals surface area (Å²) in [6, 6.07) is 1.49. The maximum atomic E-state index is 12.7. The second-order valence-corrected chi connectivity index (χ2v) is 5.10. The summed E-state index contributed by atoms with van der Waals surface area (Å²) in [4.78, 5) is 11.5. The number of thioether (sulfide) groups is 1. The highest BCUT2D eigenvalue weighted by molar-refractivity contribution is 8.00. The van der Waals surface area contributed by atoms with Crippen LogP contribution in [0.5, 0.6) is 0 Å². The monoisotopic (exact) mass is 307 g/mol. The van der Waals surface area contributed by atoms with Crippen LogP contribution in [0.4, 0.5) is 13.2 Å². The lowest BCUT2D eigenvalue weighted by Crippen LogP contribution is -2.17. The molecule has 20 heavy (non-hydrogen) atoms. The summed E-state index contributed by atoms with van der Waals surface area (Å²) in [5, 5.41) is 11.5. The van der Waals surface area contributed by atoms with Crippen molar-refractivity contribution in [2.45, 2.75) is 30.3 Å². The number of esters is 1. The van der Waals surface area contributed by atoms with Gasteiger partial charge in [-0.15, -0.1) is 0 Å². The van der Waals surface area contributed by atoms with Crippen LogP contribution in [0.2, 0.25) is 0 Å². The van der Waals surface area contributed by atoms with E-state index in [0.29, 0.717) is 0 Å². The zero-order chi connectivity index (χ0) is 15.5. The fourth-order valence-electron chi connectivity index (χ4n) is 1.42. The summed E-state index contributed by atoms with van der Waals surface area (Å²) in [6.07, 6.45) is -4.71. The Morgan fingerprint density at radius 2 is 2.20 bits per heavy atom. The molecule has 0 fully saturated rings. The number of halogens is 3. The van der Waals surface area contributed by atoms with Crippen LogP contribution >= 0.6 is 11.8 Å². The van der Waals surface area contributed by atoms with Gasteiger partial charge in [-0.25, -0.2) is 0 Å². The van der Waals surface area contributed by atoms with E-state index in [1.807, 2.05) is 0 Å². The molecule has 1 aromatic heterocycles. The molecule has 0 amide bonds. The molecule has 0 bridgehead atoms. The highest BCUT2D eigenvalue weighted by Gasteiger charge is 2.39. The van der Waals surface area contributed by atoms with Crippen molar-refractivity contribution in [1.82, 2.24) is 9.78 Å². The fraction of sp³-hybridized carbons (Fsp3) is 0.545. The summed E-state index contributed by atoms with van der Waals surface area (Å²) in [7, 11) is 1.29. The van der Waals surface area contributed by atoms with E-state index in [-0.39, 0.29) is 11.6 Å². The van der Waals surface area contributed by atoms with E-state index in [2.05, 4.69) is 5.10 Å². The Morgan fingerprint density at radius 3 is 2.65 bits per heavy atom. The molecule has 0 radical (unpaired) electrons. The summed E-state index contributed by atoms with van der Waals surface area (Å²) < 4.78 is 43.9. The predicted octanol–water partition coefficient (Wildman–Crippen LogP) is 2.35. The minimum atomic E-state index is -4.71. The Balaban J connectivity index is 3.11. The van der Waals surface area contributed by atoms with E-state index in [9.17, 15) is 18.0 Å². The average molecular weight is 307 g/mol. The van der Waals surface area contributed by atoms with Gasteiger partial charge < -0.3 is 4.74 Å². The number of ether oxygens (including phenoxy) is 1. The lowest BCUT2D eigenvalue weighted by molar-refractivity contribution is -0.142. The quantitative estimate of drug-likeness (QED) is 0.631. The minimum absolute atomic E-state index is 0.0135. The molecule has 0 unspecified atom stereocenters. The predicted molar refractivity (Wildman–Crippen MR) is 64.9 cm³/mol. The van der Waals surface area contributed by atoms with E-state index in [1.165, 1.54) is 20.0 Å². The van der Waals surface area contributed by atoms with Crippen LogP contribution < -0.4 is 0 Å². The van der Waals surface area contributed by atoms with Crippen LogP contribution in [0.15, 0.2) is 5.03 Å². The Kier molecular flexibility index (Phi) is 5.05. The second-order valence-electron chi connectivity index (χ2n) is 3.77. The topological polar surface area (TPSA) is 67.9 Å². The van der Waals surface area contributed by atoms with Crippen molar-refractivity contribution in [2.75, 3.05) is 6.61 Å². The van der Waals surface area contributed by atoms with Crippen LogP contribution in [0.3, 0.4) is 0 Å². The third-order valence-corrected chi connectivity index (χ3v) is 3.52. The number of nitrogens with zero attached hydrogens (tertiary/aromatic N) is 3. The highest BCUT2D eigenvalue weighted by atomic mass is 32.2. The smallest absolute Gasteiger partial charge is 0.436 e. The average Bonchev–Trinajstić information content (AvgIpc) is 2.66. The summed E-state index contributed by atoms with van der Waals surface area (Å²) in [5.74, 6) is -0.559. The number of carbonyl (C=O) groups excluding carboxylic acids is 1. The maximum Gasteiger partial charge on any atom is 0.436 e. The third kappa shape index (κ3) is 3.45. The molecule has 110 valence electrons. The van der Waals surface area contributed by atoms with Gasteiger partial charge in [0.25, 0.3) is 0 Å². The molecule has 0 spiro atoms. The number of rotatable bonds is 4. The van der Waals surface area contributed by atoms with Gasteiger partial charge in [0.15, 0.2) is 5.69 Å². The Labute approximate surface area is 117 Å². The first kappa shape index (κ1) is 16.4. The molecule has 0 saturated carbocycles. The summed E-state index contributed by atoms with van der Waals surface area (Å²) >= 11 is 0.810. The largest absolute Gasteiger partial charge is 0.465 e. The summed E-state index contributed by atoms with van der Waals surface area (Å²) in [5.41, 5.74) is -1.83. The van der Waals surface area contributed by atoms with Gasteiger partial charge in [-0.2, -0.15) is 23.5 Å². The molecule has 1 aromatic rings. The number of nitriles is 1. The van der Waals surface area contributed by atoms with E-state index >= 15 is 0 Å². The molecule has 9 heteroatoms. The lowest BCUT2D eigenvalue weighted by atomic mass is 10.2. The first-order chi connectivity index (χ1) is 9.22. The van der Waals surface area contributed by atoms with Crippen LogP contribution in [0.1, 0.15) is 25.1 Å². The van der Waals surface area contributed by atoms with Crippen LogP contribution in [0.25, 0.3) is 0 Å². The normalized spacial score (nSPS) is 12.8. The molecule has 0 aliphatic carbocycles. The Hall–Kier alpha value is -1.69. The van der Waals surface area contributed by atoms with Crippen molar-refractivity contribution in [2.24, 2.45) is 7.05 Å². The molecular weight excluding hydrogens is 295 g/mol. The molecule has 0 N–H and O–H groups in total. The minimum Gasteiger partial charge on any atom is -0.465 e. The first-order valence-electron chi connectivity index (χ1n) is 5.59. The number of aryl methyl sites for hydroxylation is 1. The molecule has 1 atom stereocenters. The molecule has 0 saturated heterocycles. The SMILES string of the molecule is CCOC(=O)[C@@H](C)Sc1c(C#N)c(C(F)(F)F)nn1C. The van der Waals surface area contributed by atoms with E-state index in [1.54, 1.807) is 6.92 Å². The van der Waals surface area contributed by atoms with Crippen molar-refractivity contribution < 1.29 is 22.7 Å². The van der Waals surface area contributed by atoms with Gasteiger partial charge in [-0.1, -0.05) is 11.8 Å². The van der Waals surface area contributed by atoms with Gasteiger partial charge >= 0.3 is 12.1 Å². The van der Waals surface area contributed by atoms with Gasteiger partial charge in [0.05, 0.1) is 6.61 Å². The Bertz CT molecular complexity index is 548. The number of alkyl halides is 3. The van der Waals surface area contributed by atoms with Crippen LogP contribution in [-0.2, 0) is 22.8 Å². The van der Waals surface area contributed by atoms with Crippen LogP contribution in [0, 0.1) is 11.3 Å². The highest BCUT2D eigenvalue weighted by Crippen LogP contribution is 2.36. The van der Waals surface area contributed by atoms with E-state index in [0.717, 1.165) is 16.4 Å². The fourth-order valence-corrected chi connectivity index (χ4v) is 2.37. The lowest BCUT2D eigenvalue weighted by Gasteiger charge is -2.10. The number of hydrogen-bond donors (Lipinski definition) is 0. The molecule has 0 aliphatic heterocycles. The summed E-state index contributed by atoms with van der Waals surface area (Å²) in [6.45, 7) is 3.29. The zero-order valence-electron chi connectivity index (χ0n) is 11.0. The molecule has 1 heterocycles. The molecule has 0 aliphatic rings. The number of aromatic nitrogens is 2. The van der Waals surface area contributed by atoms with Crippen molar-refractivity contribution in [3.8, 4) is 6.07 Å². The number of carbonyl (C=O) groups is 1. The van der Waals surface area contributed by atoms with Crippen molar-refractivity contribution in [3.63, 3.8) is 0 Å². The van der Waals surface area contributed by atoms with Gasteiger partial charge in [0, 0.05) is 7.05 Å². The standard InChI is InChI=1S/C11H12F3N3O2S/c1-4-19-10(18)6(2)20-9-7(5-15)8(11(12,13)14)16-17(9)3/h6H,4H2,1-3H3/t6-/m1/s1.